The van der Waals surface area contributed by atoms with Gasteiger partial charge in [-0.05, 0) is 17.7 Å². The molecule has 0 aliphatic carbocycles. The fourth-order valence-corrected chi connectivity index (χ4v) is 2.64. The second kappa shape index (κ2) is 9.00. The number of carbonyl (C=O) groups is 2. The van der Waals surface area contributed by atoms with Gasteiger partial charge in [0, 0.05) is 32.6 Å². The molecule has 1 atom stereocenters. The maximum absolute atomic E-state index is 12.9. The van der Waals surface area contributed by atoms with Crippen molar-refractivity contribution in [3.05, 3.63) is 35.4 Å². The fraction of sp³-hybridized carbons (Fsp3) is 0.529. The molecule has 26 heavy (non-hydrogen) atoms. The highest BCUT2D eigenvalue weighted by Gasteiger charge is 2.31. The molecule has 0 bridgehead atoms. The zero-order chi connectivity index (χ0) is 19.2. The molecule has 2 N–H and O–H groups in total. The van der Waals surface area contributed by atoms with E-state index in [4.69, 9.17) is 4.74 Å². The lowest BCUT2D eigenvalue weighted by Crippen LogP contribution is -2.46. The number of nitrogens with zero attached hydrogens (tertiary/aromatic N) is 1. The van der Waals surface area contributed by atoms with E-state index >= 15 is 0 Å². The molecule has 1 heterocycles. The monoisotopic (exact) mass is 373 g/mol. The lowest BCUT2D eigenvalue weighted by molar-refractivity contribution is -0.138. The van der Waals surface area contributed by atoms with Gasteiger partial charge in [-0.3, -0.25) is 9.59 Å². The van der Waals surface area contributed by atoms with Crippen LogP contribution in [0.4, 0.5) is 13.2 Å². The van der Waals surface area contributed by atoms with Crippen LogP contribution in [-0.2, 0) is 27.0 Å². The van der Waals surface area contributed by atoms with E-state index in [2.05, 4.69) is 10.6 Å². The molecule has 1 aromatic carbocycles. The zero-order valence-corrected chi connectivity index (χ0v) is 14.4. The first-order valence-corrected chi connectivity index (χ1v) is 8.25. The Balaban J connectivity index is 2.11. The van der Waals surface area contributed by atoms with Crippen LogP contribution >= 0.6 is 0 Å². The number of hydrogen-bond donors (Lipinski definition) is 2. The van der Waals surface area contributed by atoms with Gasteiger partial charge in [0.25, 0.3) is 0 Å². The van der Waals surface area contributed by atoms with Crippen molar-refractivity contribution in [1.82, 2.24) is 15.5 Å². The van der Waals surface area contributed by atoms with Crippen LogP contribution in [0.2, 0.25) is 0 Å². The van der Waals surface area contributed by atoms with Crippen molar-refractivity contribution in [3.8, 4) is 0 Å². The second-order valence-electron chi connectivity index (χ2n) is 6.05. The third-order valence-corrected chi connectivity index (χ3v) is 4.01. The maximum Gasteiger partial charge on any atom is 0.416 e. The Morgan fingerprint density at radius 1 is 1.38 bits per heavy atom. The van der Waals surface area contributed by atoms with Crippen LogP contribution in [0.25, 0.3) is 0 Å². The van der Waals surface area contributed by atoms with Crippen molar-refractivity contribution in [1.29, 1.82) is 0 Å². The second-order valence-corrected chi connectivity index (χ2v) is 6.05. The average molecular weight is 373 g/mol. The summed E-state index contributed by atoms with van der Waals surface area (Å²) in [4.78, 5) is 25.5. The molecule has 144 valence electrons. The largest absolute Gasteiger partial charge is 0.416 e. The number of rotatable bonds is 6. The van der Waals surface area contributed by atoms with Crippen LogP contribution in [0.1, 0.15) is 17.5 Å². The summed E-state index contributed by atoms with van der Waals surface area (Å²) in [6.45, 7) is 1.27. The van der Waals surface area contributed by atoms with Crippen molar-refractivity contribution >= 4 is 11.8 Å². The number of likely N-dealkylation sites (N-methyl/N-ethyl adjacent to an activating group) is 1. The molecule has 0 radical (unpaired) electrons. The van der Waals surface area contributed by atoms with Gasteiger partial charge in [-0.25, -0.2) is 0 Å². The van der Waals surface area contributed by atoms with Gasteiger partial charge in [0.05, 0.1) is 25.3 Å². The summed E-state index contributed by atoms with van der Waals surface area (Å²) in [5.74, 6) is -0.716. The van der Waals surface area contributed by atoms with Gasteiger partial charge in [0.1, 0.15) is 0 Å². The van der Waals surface area contributed by atoms with Crippen LogP contribution in [0.15, 0.2) is 24.3 Å². The number of benzene rings is 1. The van der Waals surface area contributed by atoms with Crippen molar-refractivity contribution in [2.45, 2.75) is 25.2 Å². The standard InChI is InChI=1S/C17H22F3N3O3/c1-21-15(24)10-23(16(25)8-14-11-26-6-5-22-14)9-12-3-2-4-13(7-12)17(18,19)20/h2-4,7,14,22H,5-6,8-11H2,1H3,(H,21,24). The van der Waals surface area contributed by atoms with E-state index in [1.165, 1.54) is 24.1 Å². The molecule has 1 aliphatic rings. The summed E-state index contributed by atoms with van der Waals surface area (Å²) in [6, 6.07) is 4.58. The first-order chi connectivity index (χ1) is 12.3. The van der Waals surface area contributed by atoms with Crippen LogP contribution in [-0.4, -0.2) is 56.1 Å². The quantitative estimate of drug-likeness (QED) is 0.785. The summed E-state index contributed by atoms with van der Waals surface area (Å²) in [5, 5.41) is 5.57. The highest BCUT2D eigenvalue weighted by molar-refractivity contribution is 5.84. The smallest absolute Gasteiger partial charge is 0.378 e. The fourth-order valence-electron chi connectivity index (χ4n) is 2.64. The third-order valence-electron chi connectivity index (χ3n) is 4.01. The average Bonchev–Trinajstić information content (AvgIpc) is 2.61. The minimum Gasteiger partial charge on any atom is -0.378 e. The van der Waals surface area contributed by atoms with E-state index in [9.17, 15) is 22.8 Å². The molecule has 1 saturated heterocycles. The number of halogens is 3. The number of morpholine rings is 1. The highest BCUT2D eigenvalue weighted by atomic mass is 19.4. The number of carbonyl (C=O) groups excluding carboxylic acids is 2. The molecule has 1 aliphatic heterocycles. The molecule has 1 aromatic rings. The normalized spacial score (nSPS) is 17.6. The first-order valence-electron chi connectivity index (χ1n) is 8.25. The highest BCUT2D eigenvalue weighted by Crippen LogP contribution is 2.29. The van der Waals surface area contributed by atoms with Crippen LogP contribution in [0.5, 0.6) is 0 Å². The molecular weight excluding hydrogens is 351 g/mol. The van der Waals surface area contributed by atoms with E-state index < -0.39 is 17.6 Å². The van der Waals surface area contributed by atoms with E-state index in [-0.39, 0.29) is 31.5 Å². The molecule has 0 saturated carbocycles. The molecule has 0 spiro atoms. The molecule has 1 fully saturated rings. The Hall–Kier alpha value is -2.13. The first kappa shape index (κ1) is 20.2. The van der Waals surface area contributed by atoms with Crippen LogP contribution in [0, 0.1) is 0 Å². The van der Waals surface area contributed by atoms with E-state index in [0.29, 0.717) is 25.3 Å². The van der Waals surface area contributed by atoms with Gasteiger partial charge in [0.15, 0.2) is 0 Å². The summed E-state index contributed by atoms with van der Waals surface area (Å²) < 4.78 is 43.9. The molecule has 9 heteroatoms. The van der Waals surface area contributed by atoms with Crippen LogP contribution < -0.4 is 10.6 Å². The zero-order valence-electron chi connectivity index (χ0n) is 14.4. The van der Waals surface area contributed by atoms with Gasteiger partial charge >= 0.3 is 6.18 Å². The van der Waals surface area contributed by atoms with Gasteiger partial charge in [-0.1, -0.05) is 12.1 Å². The lowest BCUT2D eigenvalue weighted by Gasteiger charge is -2.27. The molecule has 6 nitrogen and oxygen atoms in total. The SMILES string of the molecule is CNC(=O)CN(Cc1cccc(C(F)(F)F)c1)C(=O)CC1COCCN1. The summed E-state index contributed by atoms with van der Waals surface area (Å²) >= 11 is 0. The van der Waals surface area contributed by atoms with Gasteiger partial charge in [0.2, 0.25) is 11.8 Å². The molecule has 1 unspecified atom stereocenters. The topological polar surface area (TPSA) is 70.7 Å². The van der Waals surface area contributed by atoms with E-state index in [0.717, 1.165) is 12.1 Å². The van der Waals surface area contributed by atoms with Crippen molar-refractivity contribution in [3.63, 3.8) is 0 Å². The van der Waals surface area contributed by atoms with Crippen molar-refractivity contribution in [2.75, 3.05) is 33.4 Å². The van der Waals surface area contributed by atoms with Gasteiger partial charge in [-0.15, -0.1) is 0 Å². The third kappa shape index (κ3) is 5.99. The predicted molar refractivity (Wildman–Crippen MR) is 88.2 cm³/mol. The Morgan fingerprint density at radius 2 is 2.15 bits per heavy atom. The Morgan fingerprint density at radius 3 is 2.77 bits per heavy atom. The molecule has 2 rings (SSSR count). The molecule has 0 aromatic heterocycles. The predicted octanol–water partition coefficient (Wildman–Crippen LogP) is 1.16. The van der Waals surface area contributed by atoms with E-state index in [1.807, 2.05) is 0 Å². The number of hydrogen-bond acceptors (Lipinski definition) is 4. The lowest BCUT2D eigenvalue weighted by atomic mass is 10.1. The number of nitrogens with one attached hydrogen (secondary N) is 2. The molecule has 2 amide bonds. The number of amides is 2. The van der Waals surface area contributed by atoms with Crippen molar-refractivity contribution in [2.24, 2.45) is 0 Å². The van der Waals surface area contributed by atoms with Gasteiger partial charge < -0.3 is 20.3 Å². The van der Waals surface area contributed by atoms with Gasteiger partial charge in [-0.2, -0.15) is 13.2 Å². The minimum absolute atomic E-state index is 0.0796. The summed E-state index contributed by atoms with van der Waals surface area (Å²) in [6.07, 6.45) is -4.36. The van der Waals surface area contributed by atoms with Crippen molar-refractivity contribution < 1.29 is 27.5 Å². The number of ether oxygens (including phenoxy) is 1. The van der Waals surface area contributed by atoms with Crippen LogP contribution in [0.3, 0.4) is 0 Å². The Kier molecular flexibility index (Phi) is 6.98. The van der Waals surface area contributed by atoms with E-state index in [1.54, 1.807) is 0 Å². The number of alkyl halides is 3. The minimum atomic E-state index is -4.46. The maximum atomic E-state index is 12.9. The summed E-state index contributed by atoms with van der Waals surface area (Å²) in [7, 11) is 1.44. The Bertz CT molecular complexity index is 631. The summed E-state index contributed by atoms with van der Waals surface area (Å²) in [5.41, 5.74) is -0.477. The Labute approximate surface area is 149 Å². The molecular formula is C17H22F3N3O3.